The van der Waals surface area contributed by atoms with E-state index in [4.69, 9.17) is 4.74 Å². The zero-order valence-electron chi connectivity index (χ0n) is 21.5. The summed E-state index contributed by atoms with van der Waals surface area (Å²) in [5.74, 6) is 2.09. The number of fused-ring (bicyclic) bond motifs is 1. The van der Waals surface area contributed by atoms with Gasteiger partial charge in [0.05, 0.1) is 16.8 Å². The van der Waals surface area contributed by atoms with Gasteiger partial charge in [-0.15, -0.1) is 5.10 Å². The highest BCUT2D eigenvalue weighted by atomic mass is 16.5. The number of rotatable bonds is 7. The van der Waals surface area contributed by atoms with Gasteiger partial charge in [-0.3, -0.25) is 10.4 Å². The Hall–Kier alpha value is -5.24. The van der Waals surface area contributed by atoms with E-state index in [2.05, 4.69) is 46.4 Å². The molecule has 11 heteroatoms. The lowest BCUT2D eigenvalue weighted by Crippen LogP contribution is -2.20. The summed E-state index contributed by atoms with van der Waals surface area (Å²) >= 11 is 0. The van der Waals surface area contributed by atoms with Crippen LogP contribution in [0.1, 0.15) is 55.5 Å². The Morgan fingerprint density at radius 2 is 1.85 bits per heavy atom. The van der Waals surface area contributed by atoms with Gasteiger partial charge in [0.15, 0.2) is 0 Å². The number of anilines is 2. The number of nitriles is 1. The first kappa shape index (κ1) is 23.8. The Bertz CT molecular complexity index is 1740. The smallest absolute Gasteiger partial charge is 0.326 e. The fourth-order valence-electron chi connectivity index (χ4n) is 5.06. The lowest BCUT2D eigenvalue weighted by atomic mass is 9.92. The summed E-state index contributed by atoms with van der Waals surface area (Å²) in [6.45, 7) is 0. The molecule has 3 N–H and O–H groups in total. The van der Waals surface area contributed by atoms with Crippen molar-refractivity contribution in [1.82, 2.24) is 29.7 Å². The van der Waals surface area contributed by atoms with E-state index in [0.29, 0.717) is 22.9 Å². The summed E-state index contributed by atoms with van der Waals surface area (Å²) in [5.41, 5.74) is 3.91. The van der Waals surface area contributed by atoms with E-state index in [-0.39, 0.29) is 18.0 Å². The zero-order chi connectivity index (χ0) is 27.1. The van der Waals surface area contributed by atoms with Crippen LogP contribution in [0.4, 0.5) is 16.4 Å². The van der Waals surface area contributed by atoms with E-state index >= 15 is 0 Å². The number of aromatic nitrogens is 6. The fourth-order valence-corrected chi connectivity index (χ4v) is 5.06. The Labute approximate surface area is 229 Å². The molecule has 0 saturated heterocycles. The number of benzene rings is 2. The van der Waals surface area contributed by atoms with E-state index in [1.807, 2.05) is 42.5 Å². The number of hydrogen-bond acceptors (Lipinski definition) is 7. The van der Waals surface area contributed by atoms with E-state index in [9.17, 15) is 10.1 Å². The molecule has 5 aromatic rings. The summed E-state index contributed by atoms with van der Waals surface area (Å²) < 4.78 is 8.15. The first-order chi connectivity index (χ1) is 19.7. The molecule has 2 aliphatic carbocycles. The molecule has 0 aliphatic heterocycles. The van der Waals surface area contributed by atoms with Crippen molar-refractivity contribution < 1.29 is 9.53 Å². The standard InChI is InChI=1S/C29H25N9O2/c30-16-23-22-12-11-21(40-29-31-13-2-14-32-29)15-24(22)38(20-3-1-4-20)25(23)17-7-9-19(10-8-17)33-28(39)35-27-34-26(36-37-27)18-5-6-18/h2,7-15,18,20H,1,3-6H2,(H3,33,34,35,36,37,39). The second-order valence-electron chi connectivity index (χ2n) is 10.1. The van der Waals surface area contributed by atoms with Gasteiger partial charge in [0.25, 0.3) is 0 Å². The highest BCUT2D eigenvalue weighted by Gasteiger charge is 2.29. The van der Waals surface area contributed by atoms with Gasteiger partial charge >= 0.3 is 12.0 Å². The number of hydrogen-bond donors (Lipinski definition) is 3. The predicted molar refractivity (Wildman–Crippen MR) is 148 cm³/mol. The summed E-state index contributed by atoms with van der Waals surface area (Å²) in [4.78, 5) is 25.2. The molecule has 3 heterocycles. The second-order valence-corrected chi connectivity index (χ2v) is 10.1. The van der Waals surface area contributed by atoms with Gasteiger partial charge in [-0.05, 0) is 68.0 Å². The van der Waals surface area contributed by atoms with E-state index in [1.54, 1.807) is 18.5 Å². The molecule has 0 atom stereocenters. The third-order valence-corrected chi connectivity index (χ3v) is 7.39. The Kier molecular flexibility index (Phi) is 5.85. The molecule has 2 aliphatic rings. The molecule has 0 radical (unpaired) electrons. The molecule has 0 unspecified atom stereocenters. The SMILES string of the molecule is N#Cc1c(-c2ccc(NC(=O)Nc3n[nH]c(C4CC4)n3)cc2)n(C2CCC2)c2cc(Oc3ncccn3)ccc12. The van der Waals surface area contributed by atoms with Crippen molar-refractivity contribution >= 4 is 28.6 Å². The van der Waals surface area contributed by atoms with Crippen molar-refractivity contribution in [3.63, 3.8) is 0 Å². The number of aromatic amines is 1. The van der Waals surface area contributed by atoms with Crippen LogP contribution in [-0.2, 0) is 0 Å². The number of nitrogens with zero attached hydrogens (tertiary/aromatic N) is 6. The molecule has 2 fully saturated rings. The number of amides is 2. The number of carbonyl (C=O) groups excluding carboxylic acids is 1. The summed E-state index contributed by atoms with van der Waals surface area (Å²) in [6.07, 6.45) is 8.67. The molecule has 2 amide bonds. The van der Waals surface area contributed by atoms with Crippen LogP contribution in [0.2, 0.25) is 0 Å². The third-order valence-electron chi connectivity index (χ3n) is 7.39. The summed E-state index contributed by atoms with van der Waals surface area (Å²) in [7, 11) is 0. The van der Waals surface area contributed by atoms with Crippen molar-refractivity contribution in [3.05, 3.63) is 72.3 Å². The molecule has 0 spiro atoms. The van der Waals surface area contributed by atoms with Crippen LogP contribution in [0, 0.1) is 11.3 Å². The molecule has 198 valence electrons. The quantitative estimate of drug-likeness (QED) is 0.229. The minimum Gasteiger partial charge on any atom is -0.424 e. The largest absolute Gasteiger partial charge is 0.424 e. The van der Waals surface area contributed by atoms with Crippen molar-refractivity contribution in [2.45, 2.75) is 44.1 Å². The first-order valence-electron chi connectivity index (χ1n) is 13.3. The van der Waals surface area contributed by atoms with Gasteiger partial charge < -0.3 is 14.6 Å². The van der Waals surface area contributed by atoms with Gasteiger partial charge in [0.1, 0.15) is 17.6 Å². The highest BCUT2D eigenvalue weighted by molar-refractivity contribution is 5.99. The zero-order valence-corrected chi connectivity index (χ0v) is 21.5. The minimum absolute atomic E-state index is 0.252. The Balaban J connectivity index is 1.17. The van der Waals surface area contributed by atoms with Gasteiger partial charge in [-0.25, -0.2) is 14.8 Å². The maximum Gasteiger partial charge on any atom is 0.326 e. The average Bonchev–Trinajstić information content (AvgIpc) is 3.61. The molecular weight excluding hydrogens is 506 g/mol. The number of ether oxygens (including phenoxy) is 1. The lowest BCUT2D eigenvalue weighted by molar-refractivity contribution is 0.262. The molecule has 40 heavy (non-hydrogen) atoms. The van der Waals surface area contributed by atoms with E-state index in [0.717, 1.165) is 60.1 Å². The first-order valence-corrected chi connectivity index (χ1v) is 13.3. The van der Waals surface area contributed by atoms with Crippen LogP contribution in [-0.4, -0.2) is 35.7 Å². The van der Waals surface area contributed by atoms with Gasteiger partial charge in [0, 0.05) is 41.5 Å². The third kappa shape index (κ3) is 4.49. The minimum atomic E-state index is -0.426. The molecule has 11 nitrogen and oxygen atoms in total. The van der Waals surface area contributed by atoms with Crippen molar-refractivity contribution in [3.8, 4) is 29.1 Å². The van der Waals surface area contributed by atoms with Crippen LogP contribution in [0.15, 0.2) is 60.9 Å². The van der Waals surface area contributed by atoms with Crippen molar-refractivity contribution in [2.24, 2.45) is 0 Å². The van der Waals surface area contributed by atoms with Gasteiger partial charge in [-0.2, -0.15) is 10.2 Å². The number of carbonyl (C=O) groups is 1. The van der Waals surface area contributed by atoms with Crippen molar-refractivity contribution in [2.75, 3.05) is 10.6 Å². The molecular formula is C29H25N9O2. The van der Waals surface area contributed by atoms with Crippen LogP contribution < -0.4 is 15.4 Å². The molecule has 2 aromatic carbocycles. The monoisotopic (exact) mass is 531 g/mol. The number of urea groups is 1. The topological polar surface area (TPSA) is 146 Å². The Morgan fingerprint density at radius 3 is 2.55 bits per heavy atom. The maximum atomic E-state index is 12.5. The van der Waals surface area contributed by atoms with Crippen molar-refractivity contribution in [1.29, 1.82) is 5.26 Å². The molecule has 0 bridgehead atoms. The summed E-state index contributed by atoms with van der Waals surface area (Å²) in [6, 6.07) is 17.5. The van der Waals surface area contributed by atoms with Crippen LogP contribution in [0.25, 0.3) is 22.2 Å². The maximum absolute atomic E-state index is 12.5. The van der Waals surface area contributed by atoms with Gasteiger partial charge in [-0.1, -0.05) is 12.1 Å². The lowest BCUT2D eigenvalue weighted by Gasteiger charge is -2.30. The molecule has 2 saturated carbocycles. The second kappa shape index (κ2) is 9.81. The summed E-state index contributed by atoms with van der Waals surface area (Å²) in [5, 5.41) is 23.5. The highest BCUT2D eigenvalue weighted by Crippen LogP contribution is 2.43. The van der Waals surface area contributed by atoms with Crippen LogP contribution in [0.5, 0.6) is 11.8 Å². The van der Waals surface area contributed by atoms with E-state index < -0.39 is 6.03 Å². The Morgan fingerprint density at radius 1 is 1.05 bits per heavy atom. The normalized spacial score (nSPS) is 14.9. The fraction of sp³-hybridized carbons (Fsp3) is 0.241. The van der Waals surface area contributed by atoms with Crippen LogP contribution in [0.3, 0.4) is 0 Å². The average molecular weight is 532 g/mol. The predicted octanol–water partition coefficient (Wildman–Crippen LogP) is 6.13. The number of H-pyrrole nitrogens is 1. The molecule has 7 rings (SSSR count). The van der Waals surface area contributed by atoms with E-state index in [1.165, 1.54) is 0 Å². The molecule has 3 aromatic heterocycles. The van der Waals surface area contributed by atoms with Gasteiger partial charge in [0.2, 0.25) is 5.95 Å². The van der Waals surface area contributed by atoms with Crippen LogP contribution >= 0.6 is 0 Å². The number of nitrogens with one attached hydrogen (secondary N) is 3.